The number of hydrogen-bond acceptors (Lipinski definition) is 2. The number of unbranched alkanes of at least 4 members (excludes halogenated alkanes) is 82. The summed E-state index contributed by atoms with van der Waals surface area (Å²) in [7, 11) is 0. The second kappa shape index (κ2) is 93.1. The molecule has 0 aromatic carbocycles. The Kier molecular flexibility index (Phi) is 95.2. The average molecular weight is 1270 g/mol. The van der Waals surface area contributed by atoms with E-state index in [1.54, 1.807) is 0 Å². The van der Waals surface area contributed by atoms with E-state index in [9.17, 15) is 0 Å². The first-order valence-electron chi connectivity index (χ1n) is 44.0. The van der Waals surface area contributed by atoms with E-state index in [0.29, 0.717) is 13.2 Å². The molecule has 0 fully saturated rings. The Morgan fingerprint density at radius 2 is 0.144 bits per heavy atom. The maximum absolute atomic E-state index is 8.83. The second-order valence-electron chi connectivity index (χ2n) is 30.4. The summed E-state index contributed by atoms with van der Waals surface area (Å²) in [6, 6.07) is 0. The molecule has 544 valence electrons. The molecule has 0 heterocycles. The van der Waals surface area contributed by atoms with Crippen LogP contribution in [0.4, 0.5) is 0 Å². The van der Waals surface area contributed by atoms with Crippen molar-refractivity contribution in [2.75, 3.05) is 13.2 Å². The van der Waals surface area contributed by atoms with Crippen LogP contribution in [0.15, 0.2) is 0 Å². The van der Waals surface area contributed by atoms with Crippen LogP contribution in [-0.4, -0.2) is 23.4 Å². The third-order valence-corrected chi connectivity index (χ3v) is 21.0. The lowest BCUT2D eigenvalue weighted by atomic mass is 10.0. The van der Waals surface area contributed by atoms with E-state index in [2.05, 4.69) is 13.8 Å². The first-order chi connectivity index (χ1) is 44.8. The molecule has 0 rings (SSSR count). The number of aliphatic hydroxyl groups is 2. The van der Waals surface area contributed by atoms with Crippen LogP contribution >= 0.6 is 0 Å². The lowest BCUT2D eigenvalue weighted by Gasteiger charge is -2.05. The molecule has 0 aromatic heterocycles. The minimum absolute atomic E-state index is 0.374. The summed E-state index contributed by atoms with van der Waals surface area (Å²) >= 11 is 0. The van der Waals surface area contributed by atoms with Crippen molar-refractivity contribution in [1.29, 1.82) is 0 Å². The molecular formula is C88H180O2. The van der Waals surface area contributed by atoms with Gasteiger partial charge in [-0.25, -0.2) is 0 Å². The normalized spacial score (nSPS) is 11.6. The molecule has 0 unspecified atom stereocenters. The van der Waals surface area contributed by atoms with Gasteiger partial charge in [0.15, 0.2) is 0 Å². The molecule has 90 heavy (non-hydrogen) atoms. The molecule has 0 aliphatic rings. The molecule has 0 radical (unpaired) electrons. The predicted octanol–water partition coefficient (Wildman–Crippen LogP) is 32.8. The van der Waals surface area contributed by atoms with E-state index in [0.717, 1.165) is 12.8 Å². The Balaban J connectivity index is 0. The second-order valence-corrected chi connectivity index (χ2v) is 30.4. The summed E-state index contributed by atoms with van der Waals surface area (Å²) in [6.45, 7) is 5.36. The van der Waals surface area contributed by atoms with Gasteiger partial charge in [-0.1, -0.05) is 540 Å². The molecule has 0 saturated carbocycles. The number of rotatable bonds is 84. The summed E-state index contributed by atoms with van der Waals surface area (Å²) in [4.78, 5) is 0. The van der Waals surface area contributed by atoms with Gasteiger partial charge < -0.3 is 10.2 Å². The molecule has 2 heteroatoms. The third-order valence-electron chi connectivity index (χ3n) is 21.0. The van der Waals surface area contributed by atoms with Crippen molar-refractivity contribution >= 4 is 0 Å². The Bertz CT molecular complexity index is 1040. The van der Waals surface area contributed by atoms with Crippen molar-refractivity contribution in [2.24, 2.45) is 0 Å². The van der Waals surface area contributed by atoms with Gasteiger partial charge in [-0.2, -0.15) is 0 Å². The summed E-state index contributed by atoms with van der Waals surface area (Å²) in [5.74, 6) is 0. The zero-order valence-corrected chi connectivity index (χ0v) is 63.7. The quantitative estimate of drug-likeness (QED) is 0.0596. The third kappa shape index (κ3) is 94.3. The topological polar surface area (TPSA) is 40.5 Å². The Morgan fingerprint density at radius 1 is 0.0889 bits per heavy atom. The monoisotopic (exact) mass is 1270 g/mol. The van der Waals surface area contributed by atoms with Crippen molar-refractivity contribution < 1.29 is 10.2 Å². The minimum Gasteiger partial charge on any atom is -0.396 e. The molecule has 0 aliphatic heterocycles. The van der Waals surface area contributed by atoms with Crippen molar-refractivity contribution in [3.8, 4) is 0 Å². The molecule has 0 bridgehead atoms. The van der Waals surface area contributed by atoms with E-state index < -0.39 is 0 Å². The Morgan fingerprint density at radius 3 is 0.200 bits per heavy atom. The largest absolute Gasteiger partial charge is 0.396 e. The van der Waals surface area contributed by atoms with Crippen LogP contribution in [-0.2, 0) is 0 Å². The minimum atomic E-state index is 0.374. The first kappa shape index (κ1) is 92.0. The highest BCUT2D eigenvalue weighted by atomic mass is 16.3. The van der Waals surface area contributed by atoms with Gasteiger partial charge in [0.05, 0.1) is 0 Å². The van der Waals surface area contributed by atoms with Crippen molar-refractivity contribution in [1.82, 2.24) is 0 Å². The number of aliphatic hydroxyl groups excluding tert-OH is 2. The van der Waals surface area contributed by atoms with Crippen LogP contribution in [0.25, 0.3) is 0 Å². The van der Waals surface area contributed by atoms with Gasteiger partial charge in [-0.3, -0.25) is 0 Å². The highest BCUT2D eigenvalue weighted by molar-refractivity contribution is 4.58. The molecule has 0 saturated heterocycles. The van der Waals surface area contributed by atoms with Crippen LogP contribution in [0.3, 0.4) is 0 Å². The van der Waals surface area contributed by atoms with Gasteiger partial charge in [0.25, 0.3) is 0 Å². The highest BCUT2D eigenvalue weighted by Crippen LogP contribution is 2.22. The first-order valence-corrected chi connectivity index (χ1v) is 44.0. The summed E-state index contributed by atoms with van der Waals surface area (Å²) in [6.07, 6.45) is 122. The van der Waals surface area contributed by atoms with Crippen molar-refractivity contribution in [2.45, 2.75) is 553 Å². The molecule has 0 aromatic rings. The van der Waals surface area contributed by atoms with Gasteiger partial charge in [-0.15, -0.1) is 0 Å². The smallest absolute Gasteiger partial charge is 0.0431 e. The maximum atomic E-state index is 8.83. The van der Waals surface area contributed by atoms with Crippen LogP contribution in [0.1, 0.15) is 553 Å². The number of hydrogen-bond donors (Lipinski definition) is 2. The fourth-order valence-electron chi connectivity index (χ4n) is 14.5. The van der Waals surface area contributed by atoms with Crippen LogP contribution < -0.4 is 0 Å². The van der Waals surface area contributed by atoms with Gasteiger partial charge in [0, 0.05) is 13.2 Å². The molecule has 0 aliphatic carbocycles. The zero-order valence-electron chi connectivity index (χ0n) is 63.7. The van der Waals surface area contributed by atoms with E-state index >= 15 is 0 Å². The van der Waals surface area contributed by atoms with Crippen LogP contribution in [0, 0.1) is 0 Å². The van der Waals surface area contributed by atoms with Gasteiger partial charge in [-0.05, 0) is 12.8 Å². The van der Waals surface area contributed by atoms with Crippen molar-refractivity contribution in [3.05, 3.63) is 0 Å². The Hall–Kier alpha value is -0.0800. The Labute approximate surface area is 573 Å². The summed E-state index contributed by atoms with van der Waals surface area (Å²) < 4.78 is 0. The van der Waals surface area contributed by atoms with E-state index in [-0.39, 0.29) is 0 Å². The average Bonchev–Trinajstić information content (AvgIpc) is 3.55. The van der Waals surface area contributed by atoms with Crippen LogP contribution in [0.2, 0.25) is 0 Å². The predicted molar refractivity (Wildman–Crippen MR) is 413 cm³/mol. The zero-order chi connectivity index (χ0) is 64.8. The van der Waals surface area contributed by atoms with Gasteiger partial charge in [0.1, 0.15) is 0 Å². The SMILES string of the molecule is CCCCCCCCCCCCCCCCCCCCCCCCCCCCCCCCCCCCCCCCCCCCCCCCCCCCCCCCCCCCO.CCCCCCCCCCCCCCCCCCCCCCCCCCCCO. The van der Waals surface area contributed by atoms with Crippen LogP contribution in [0.5, 0.6) is 0 Å². The summed E-state index contributed by atoms with van der Waals surface area (Å²) in [5, 5.41) is 17.6. The molecule has 2 N–H and O–H groups in total. The van der Waals surface area contributed by atoms with Gasteiger partial charge >= 0.3 is 0 Å². The fourth-order valence-corrected chi connectivity index (χ4v) is 14.5. The molecular weight excluding hydrogens is 1090 g/mol. The van der Waals surface area contributed by atoms with Crippen molar-refractivity contribution in [3.63, 3.8) is 0 Å². The molecule has 0 amide bonds. The standard InChI is InChI=1S/C60H122O.C28H58O/c1-2-3-4-5-6-7-8-9-10-11-12-13-14-15-16-17-18-19-20-21-22-23-24-25-26-27-28-29-30-31-32-33-34-35-36-37-38-39-40-41-42-43-44-45-46-47-48-49-50-51-52-53-54-55-56-57-58-59-60-61;1-2-3-4-5-6-7-8-9-10-11-12-13-14-15-16-17-18-19-20-21-22-23-24-25-26-27-28-29/h61H,2-60H2,1H3;29H,2-28H2,1H3. The maximum Gasteiger partial charge on any atom is 0.0431 e. The van der Waals surface area contributed by atoms with Gasteiger partial charge in [0.2, 0.25) is 0 Å². The van der Waals surface area contributed by atoms with E-state index in [1.165, 1.54) is 527 Å². The fraction of sp³-hybridized carbons (Fsp3) is 1.00. The summed E-state index contributed by atoms with van der Waals surface area (Å²) in [5.41, 5.74) is 0. The molecule has 0 spiro atoms. The highest BCUT2D eigenvalue weighted by Gasteiger charge is 2.02. The van der Waals surface area contributed by atoms with E-state index in [4.69, 9.17) is 10.2 Å². The molecule has 2 nitrogen and oxygen atoms in total. The lowest BCUT2D eigenvalue weighted by molar-refractivity contribution is 0.282. The van der Waals surface area contributed by atoms with E-state index in [1.807, 2.05) is 0 Å². The molecule has 0 atom stereocenters. The lowest BCUT2D eigenvalue weighted by Crippen LogP contribution is -1.85.